The van der Waals surface area contributed by atoms with E-state index < -0.39 is 18.0 Å². The van der Waals surface area contributed by atoms with Crippen molar-refractivity contribution in [2.24, 2.45) is 5.92 Å². The Labute approximate surface area is 99.3 Å². The van der Waals surface area contributed by atoms with Crippen molar-refractivity contribution in [3.05, 3.63) is 23.8 Å². The summed E-state index contributed by atoms with van der Waals surface area (Å²) in [6.45, 7) is 3.56. The fraction of sp³-hybridized carbons (Fsp3) is 0.417. The number of carbonyl (C=O) groups is 1. The number of aromatic hydroxyl groups is 1. The summed E-state index contributed by atoms with van der Waals surface area (Å²) in [6, 6.07) is 4.29. The molecule has 3 N–H and O–H groups in total. The lowest BCUT2D eigenvalue weighted by Crippen LogP contribution is -2.18. The van der Waals surface area contributed by atoms with Crippen LogP contribution in [0.1, 0.15) is 25.5 Å². The van der Waals surface area contributed by atoms with Crippen molar-refractivity contribution in [1.29, 1.82) is 0 Å². The van der Waals surface area contributed by atoms with Crippen LogP contribution in [-0.2, 0) is 4.79 Å². The molecule has 5 heteroatoms. The first-order valence-corrected chi connectivity index (χ1v) is 5.34. The first-order valence-electron chi connectivity index (χ1n) is 5.34. The zero-order valence-corrected chi connectivity index (χ0v) is 9.75. The number of aliphatic carboxylic acids is 1. The van der Waals surface area contributed by atoms with Gasteiger partial charge in [-0.3, -0.25) is 4.79 Å². The summed E-state index contributed by atoms with van der Waals surface area (Å²) in [6.07, 6.45) is -1.13. The molecule has 0 radical (unpaired) electrons. The van der Waals surface area contributed by atoms with E-state index in [0.717, 1.165) is 0 Å². The molecule has 0 fully saturated rings. The Morgan fingerprint density at radius 3 is 2.65 bits per heavy atom. The number of rotatable bonds is 5. The highest BCUT2D eigenvalue weighted by Gasteiger charge is 2.23. The number of hydrogen-bond donors (Lipinski definition) is 3. The highest BCUT2D eigenvalue weighted by Crippen LogP contribution is 2.31. The van der Waals surface area contributed by atoms with Crippen LogP contribution < -0.4 is 4.74 Å². The molecule has 94 valence electrons. The molecule has 0 bridgehead atoms. The number of aliphatic hydroxyl groups is 1. The lowest BCUT2D eigenvalue weighted by Gasteiger charge is -2.16. The fourth-order valence-corrected chi connectivity index (χ4v) is 1.41. The number of ether oxygens (including phenoxy) is 1. The number of carboxylic acids is 1. The zero-order chi connectivity index (χ0) is 13.0. The number of phenolic OH excluding ortho intramolecular Hbond substituents is 1. The third-order valence-electron chi connectivity index (χ3n) is 2.49. The van der Waals surface area contributed by atoms with Crippen molar-refractivity contribution in [3.8, 4) is 11.5 Å². The summed E-state index contributed by atoms with van der Waals surface area (Å²) >= 11 is 0. The van der Waals surface area contributed by atoms with Crippen LogP contribution in [0.3, 0.4) is 0 Å². The topological polar surface area (TPSA) is 87.0 Å². The van der Waals surface area contributed by atoms with Crippen molar-refractivity contribution < 1.29 is 24.9 Å². The summed E-state index contributed by atoms with van der Waals surface area (Å²) in [7, 11) is 0. The molecule has 0 aliphatic rings. The molecule has 5 nitrogen and oxygen atoms in total. The van der Waals surface area contributed by atoms with Gasteiger partial charge in [-0.05, 0) is 31.5 Å². The molecule has 2 atom stereocenters. The number of phenols is 1. The molecule has 0 aromatic heterocycles. The van der Waals surface area contributed by atoms with Crippen LogP contribution in [0.2, 0.25) is 0 Å². The number of aliphatic hydroxyl groups excluding tert-OH is 1. The second-order valence-corrected chi connectivity index (χ2v) is 3.73. The molecule has 0 amide bonds. The predicted molar refractivity (Wildman–Crippen MR) is 61.0 cm³/mol. The van der Waals surface area contributed by atoms with Gasteiger partial charge in [-0.2, -0.15) is 0 Å². The summed E-state index contributed by atoms with van der Waals surface area (Å²) < 4.78 is 5.16. The summed E-state index contributed by atoms with van der Waals surface area (Å²) in [5.74, 6) is -1.80. The molecule has 0 saturated carbocycles. The van der Waals surface area contributed by atoms with E-state index in [1.54, 1.807) is 6.92 Å². The van der Waals surface area contributed by atoms with Gasteiger partial charge in [0.25, 0.3) is 0 Å². The molecule has 0 aliphatic heterocycles. The third kappa shape index (κ3) is 3.10. The number of carboxylic acid groups (broad SMARTS) is 1. The van der Waals surface area contributed by atoms with Crippen molar-refractivity contribution in [2.75, 3.05) is 6.61 Å². The van der Waals surface area contributed by atoms with Gasteiger partial charge in [-0.15, -0.1) is 0 Å². The smallest absolute Gasteiger partial charge is 0.309 e. The van der Waals surface area contributed by atoms with Crippen LogP contribution in [0, 0.1) is 5.92 Å². The van der Waals surface area contributed by atoms with E-state index >= 15 is 0 Å². The second kappa shape index (κ2) is 5.54. The Hall–Kier alpha value is -1.75. The molecule has 0 heterocycles. The van der Waals surface area contributed by atoms with Gasteiger partial charge in [-0.1, -0.05) is 6.07 Å². The third-order valence-corrected chi connectivity index (χ3v) is 2.49. The molecule has 1 aromatic rings. The molecular weight excluding hydrogens is 224 g/mol. The SMILES string of the molecule is CCOc1cc(C(O)C(C)C(=O)O)ccc1O. The highest BCUT2D eigenvalue weighted by molar-refractivity contribution is 5.70. The van der Waals surface area contributed by atoms with E-state index in [1.165, 1.54) is 25.1 Å². The van der Waals surface area contributed by atoms with Crippen LogP contribution >= 0.6 is 0 Å². The van der Waals surface area contributed by atoms with Crippen LogP contribution in [0.25, 0.3) is 0 Å². The Bertz CT molecular complexity index is 402. The van der Waals surface area contributed by atoms with Gasteiger partial charge in [0.2, 0.25) is 0 Å². The maximum absolute atomic E-state index is 10.8. The van der Waals surface area contributed by atoms with Crippen molar-refractivity contribution in [2.45, 2.75) is 20.0 Å². The van der Waals surface area contributed by atoms with E-state index in [0.29, 0.717) is 12.2 Å². The maximum atomic E-state index is 10.8. The van der Waals surface area contributed by atoms with Gasteiger partial charge in [0.15, 0.2) is 11.5 Å². The van der Waals surface area contributed by atoms with E-state index in [4.69, 9.17) is 9.84 Å². The van der Waals surface area contributed by atoms with E-state index in [9.17, 15) is 15.0 Å². The second-order valence-electron chi connectivity index (χ2n) is 3.73. The Morgan fingerprint density at radius 1 is 1.47 bits per heavy atom. The van der Waals surface area contributed by atoms with Crippen LogP contribution in [-0.4, -0.2) is 27.9 Å². The van der Waals surface area contributed by atoms with Gasteiger partial charge in [0.1, 0.15) is 0 Å². The molecule has 0 saturated heterocycles. The summed E-state index contributed by atoms with van der Waals surface area (Å²) in [5.41, 5.74) is 0.404. The first-order chi connectivity index (χ1) is 7.97. The Kier molecular flexibility index (Phi) is 4.34. The molecule has 2 unspecified atom stereocenters. The van der Waals surface area contributed by atoms with Crippen LogP contribution in [0.4, 0.5) is 0 Å². The van der Waals surface area contributed by atoms with Gasteiger partial charge < -0.3 is 20.1 Å². The fourth-order valence-electron chi connectivity index (χ4n) is 1.41. The van der Waals surface area contributed by atoms with Crippen LogP contribution in [0.15, 0.2) is 18.2 Å². The van der Waals surface area contributed by atoms with Crippen molar-refractivity contribution >= 4 is 5.97 Å². The lowest BCUT2D eigenvalue weighted by atomic mass is 9.97. The van der Waals surface area contributed by atoms with Gasteiger partial charge >= 0.3 is 5.97 Å². The standard InChI is InChI=1S/C12H16O5/c1-3-17-10-6-8(4-5-9(10)13)11(14)7(2)12(15)16/h4-7,11,13-14H,3H2,1-2H3,(H,15,16). The highest BCUT2D eigenvalue weighted by atomic mass is 16.5. The molecule has 1 rings (SSSR count). The van der Waals surface area contributed by atoms with Crippen molar-refractivity contribution in [1.82, 2.24) is 0 Å². The minimum atomic E-state index is -1.13. The van der Waals surface area contributed by atoms with Crippen molar-refractivity contribution in [3.63, 3.8) is 0 Å². The van der Waals surface area contributed by atoms with Crippen LogP contribution in [0.5, 0.6) is 11.5 Å². The molecule has 0 aliphatic carbocycles. The summed E-state index contributed by atoms with van der Waals surface area (Å²) in [4.78, 5) is 10.8. The minimum absolute atomic E-state index is 0.0363. The molecule has 0 spiro atoms. The maximum Gasteiger partial charge on any atom is 0.309 e. The number of hydrogen-bond acceptors (Lipinski definition) is 4. The Morgan fingerprint density at radius 2 is 2.12 bits per heavy atom. The molecule has 1 aromatic carbocycles. The average Bonchev–Trinajstić information content (AvgIpc) is 2.30. The van der Waals surface area contributed by atoms with E-state index in [-0.39, 0.29) is 11.5 Å². The zero-order valence-electron chi connectivity index (χ0n) is 9.75. The summed E-state index contributed by atoms with van der Waals surface area (Å²) in [5, 5.41) is 28.1. The molecule has 17 heavy (non-hydrogen) atoms. The number of benzene rings is 1. The first kappa shape index (κ1) is 13.3. The normalized spacial score (nSPS) is 14.1. The molecular formula is C12H16O5. The monoisotopic (exact) mass is 240 g/mol. The minimum Gasteiger partial charge on any atom is -0.504 e. The quantitative estimate of drug-likeness (QED) is 0.726. The van der Waals surface area contributed by atoms with Gasteiger partial charge in [0, 0.05) is 0 Å². The predicted octanol–water partition coefficient (Wildman–Crippen LogP) is 1.54. The van der Waals surface area contributed by atoms with E-state index in [1.807, 2.05) is 0 Å². The van der Waals surface area contributed by atoms with Gasteiger partial charge in [-0.25, -0.2) is 0 Å². The lowest BCUT2D eigenvalue weighted by molar-refractivity contribution is -0.145. The van der Waals surface area contributed by atoms with E-state index in [2.05, 4.69) is 0 Å². The largest absolute Gasteiger partial charge is 0.504 e. The average molecular weight is 240 g/mol. The Balaban J connectivity index is 2.98. The van der Waals surface area contributed by atoms with Gasteiger partial charge in [0.05, 0.1) is 18.6 Å².